The first kappa shape index (κ1) is 4.45. The van der Waals surface area contributed by atoms with Gasteiger partial charge in [0, 0.05) is 8.02 Å². The van der Waals surface area contributed by atoms with Gasteiger partial charge in [0.2, 0.25) is 0 Å². The molecule has 0 aliphatic carbocycles. The van der Waals surface area contributed by atoms with Gasteiger partial charge in [0.25, 0.3) is 0 Å². The number of hydrogen-bond donors (Lipinski definition) is 0. The normalized spacial score (nSPS) is 14.4. The van der Waals surface area contributed by atoms with Crippen LogP contribution in [-0.2, 0) is 5.28 Å². The minimum absolute atomic E-state index is 0.356. The molecular formula is C7H6BrF. The molecule has 0 N–H and O–H groups in total. The van der Waals surface area contributed by atoms with E-state index in [2.05, 4.69) is 15.9 Å². The second-order valence-corrected chi connectivity index (χ2v) is 2.00. The SMILES string of the molecule is [2H]C([2H])(Br)c1ccc(F)cc1. The number of benzene rings is 1. The van der Waals surface area contributed by atoms with Crippen LogP contribution in [0.5, 0.6) is 0 Å². The molecule has 48 valence electrons. The summed E-state index contributed by atoms with van der Waals surface area (Å²) in [5, 5.41) is -1.57. The lowest BCUT2D eigenvalue weighted by Gasteiger charge is -1.91. The summed E-state index contributed by atoms with van der Waals surface area (Å²) in [6, 6.07) is 5.27. The lowest BCUT2D eigenvalue weighted by Crippen LogP contribution is -1.76. The van der Waals surface area contributed by atoms with Gasteiger partial charge < -0.3 is 0 Å². The first-order chi connectivity index (χ1) is 5.00. The monoisotopic (exact) mass is 190 g/mol. The topological polar surface area (TPSA) is 0 Å². The summed E-state index contributed by atoms with van der Waals surface area (Å²) in [6.07, 6.45) is 0. The molecule has 2 heteroatoms. The van der Waals surface area contributed by atoms with Crippen molar-refractivity contribution < 1.29 is 7.13 Å². The Morgan fingerprint density at radius 3 is 2.44 bits per heavy atom. The van der Waals surface area contributed by atoms with E-state index in [4.69, 9.17) is 2.74 Å². The van der Waals surface area contributed by atoms with Crippen LogP contribution in [0.1, 0.15) is 8.30 Å². The van der Waals surface area contributed by atoms with Gasteiger partial charge in [-0.15, -0.1) is 0 Å². The fourth-order valence-corrected chi connectivity index (χ4v) is 0.777. The van der Waals surface area contributed by atoms with Crippen LogP contribution >= 0.6 is 15.9 Å². The first-order valence-corrected chi connectivity index (χ1v) is 3.24. The van der Waals surface area contributed by atoms with Crippen LogP contribution < -0.4 is 0 Å². The first-order valence-electron chi connectivity index (χ1n) is 3.45. The van der Waals surface area contributed by atoms with Crippen LogP contribution in [0.25, 0.3) is 0 Å². The highest BCUT2D eigenvalue weighted by atomic mass is 79.9. The molecule has 1 aromatic carbocycles. The Bertz CT molecular complexity index is 240. The van der Waals surface area contributed by atoms with Crippen LogP contribution in [0.15, 0.2) is 24.3 Å². The highest BCUT2D eigenvalue weighted by molar-refractivity contribution is 9.08. The molecule has 0 saturated heterocycles. The number of hydrogen-bond acceptors (Lipinski definition) is 0. The Kier molecular flexibility index (Phi) is 1.47. The summed E-state index contributed by atoms with van der Waals surface area (Å²) in [7, 11) is 0. The Hall–Kier alpha value is -0.370. The minimum Gasteiger partial charge on any atom is -0.207 e. The van der Waals surface area contributed by atoms with Gasteiger partial charge in [-0.3, -0.25) is 0 Å². The summed E-state index contributed by atoms with van der Waals surface area (Å²) < 4.78 is 26.7. The molecule has 0 radical (unpaired) electrons. The molecule has 0 saturated carbocycles. The van der Waals surface area contributed by atoms with Crippen molar-refractivity contribution in [2.75, 3.05) is 0 Å². The summed E-state index contributed by atoms with van der Waals surface area (Å²) in [6.45, 7) is 0. The molecule has 0 amide bonds. The Balaban J connectivity index is 2.99. The van der Waals surface area contributed by atoms with Crippen molar-refractivity contribution in [3.63, 3.8) is 0 Å². The fraction of sp³-hybridized carbons (Fsp3) is 0.143. The third-order valence-corrected chi connectivity index (χ3v) is 1.41. The van der Waals surface area contributed by atoms with Gasteiger partial charge >= 0.3 is 0 Å². The Morgan fingerprint density at radius 2 is 2.00 bits per heavy atom. The van der Waals surface area contributed by atoms with Crippen molar-refractivity contribution in [2.45, 2.75) is 5.28 Å². The molecule has 0 unspecified atom stereocenters. The van der Waals surface area contributed by atoms with Crippen LogP contribution in [-0.4, -0.2) is 0 Å². The maximum Gasteiger partial charge on any atom is 0.123 e. The Morgan fingerprint density at radius 1 is 1.44 bits per heavy atom. The average molecular weight is 191 g/mol. The number of halogens is 2. The van der Waals surface area contributed by atoms with Gasteiger partial charge in [0.1, 0.15) is 5.82 Å². The lowest BCUT2D eigenvalue weighted by molar-refractivity contribution is 0.627. The molecule has 9 heavy (non-hydrogen) atoms. The average Bonchev–Trinajstić information content (AvgIpc) is 1.86. The number of rotatable bonds is 1. The van der Waals surface area contributed by atoms with Gasteiger partial charge in [-0.1, -0.05) is 28.1 Å². The van der Waals surface area contributed by atoms with E-state index in [1.165, 1.54) is 24.3 Å². The highest BCUT2D eigenvalue weighted by Gasteiger charge is 1.88. The van der Waals surface area contributed by atoms with Crippen molar-refractivity contribution in [1.29, 1.82) is 0 Å². The van der Waals surface area contributed by atoms with Crippen molar-refractivity contribution in [1.82, 2.24) is 0 Å². The second kappa shape index (κ2) is 2.97. The van der Waals surface area contributed by atoms with E-state index in [-0.39, 0.29) is 5.82 Å². The largest absolute Gasteiger partial charge is 0.207 e. The molecule has 0 aromatic heterocycles. The van der Waals surface area contributed by atoms with Crippen molar-refractivity contribution in [3.8, 4) is 0 Å². The molecule has 1 aromatic rings. The lowest BCUT2D eigenvalue weighted by atomic mass is 10.2. The van der Waals surface area contributed by atoms with E-state index in [0.717, 1.165) is 0 Å². The Labute approximate surface area is 64.6 Å². The van der Waals surface area contributed by atoms with Crippen LogP contribution in [0.3, 0.4) is 0 Å². The second-order valence-electron chi connectivity index (χ2n) is 1.60. The number of alkyl halides is 1. The van der Waals surface area contributed by atoms with Gasteiger partial charge in [-0.25, -0.2) is 4.39 Å². The van der Waals surface area contributed by atoms with E-state index in [0.29, 0.717) is 5.56 Å². The summed E-state index contributed by atoms with van der Waals surface area (Å²) in [5.41, 5.74) is 0.416. The predicted octanol–water partition coefficient (Wildman–Crippen LogP) is 2.72. The molecule has 0 heterocycles. The van der Waals surface area contributed by atoms with E-state index in [9.17, 15) is 4.39 Å². The van der Waals surface area contributed by atoms with Gasteiger partial charge in [-0.2, -0.15) is 0 Å². The maximum atomic E-state index is 12.3. The smallest absolute Gasteiger partial charge is 0.123 e. The van der Waals surface area contributed by atoms with Gasteiger partial charge in [-0.05, 0) is 17.7 Å². The standard InChI is InChI=1S/C7H6BrF/c8-5-6-1-3-7(9)4-2-6/h1-4H,5H2/i5D2. The molecule has 0 atom stereocenters. The molecular weight excluding hydrogens is 183 g/mol. The van der Waals surface area contributed by atoms with E-state index in [1.54, 1.807) is 0 Å². The minimum atomic E-state index is -1.57. The summed E-state index contributed by atoms with van der Waals surface area (Å²) in [5.74, 6) is -0.356. The molecule has 0 bridgehead atoms. The molecule has 0 spiro atoms. The van der Waals surface area contributed by atoms with Crippen LogP contribution in [0, 0.1) is 5.82 Å². The zero-order valence-corrected chi connectivity index (χ0v) is 6.15. The molecule has 0 aliphatic heterocycles. The van der Waals surface area contributed by atoms with Crippen molar-refractivity contribution >= 4 is 15.9 Å². The molecule has 1 rings (SSSR count). The molecule has 0 aliphatic rings. The summed E-state index contributed by atoms with van der Waals surface area (Å²) >= 11 is 2.82. The van der Waals surface area contributed by atoms with Crippen LogP contribution in [0.4, 0.5) is 4.39 Å². The maximum absolute atomic E-state index is 12.3. The van der Waals surface area contributed by atoms with Crippen molar-refractivity contribution in [2.24, 2.45) is 0 Å². The van der Waals surface area contributed by atoms with E-state index < -0.39 is 5.28 Å². The third kappa shape index (κ3) is 1.79. The molecule has 0 nitrogen and oxygen atoms in total. The van der Waals surface area contributed by atoms with Gasteiger partial charge in [0.05, 0.1) is 0 Å². The zero-order valence-electron chi connectivity index (χ0n) is 6.57. The summed E-state index contributed by atoms with van der Waals surface area (Å²) in [4.78, 5) is 0. The van der Waals surface area contributed by atoms with Crippen molar-refractivity contribution in [3.05, 3.63) is 35.6 Å². The quantitative estimate of drug-likeness (QED) is 0.598. The van der Waals surface area contributed by atoms with E-state index in [1.807, 2.05) is 0 Å². The van der Waals surface area contributed by atoms with Crippen LogP contribution in [0.2, 0.25) is 0 Å². The predicted molar refractivity (Wildman–Crippen MR) is 39.0 cm³/mol. The highest BCUT2D eigenvalue weighted by Crippen LogP contribution is 2.05. The molecule has 0 fully saturated rings. The van der Waals surface area contributed by atoms with Gasteiger partial charge in [0.15, 0.2) is 0 Å². The fourth-order valence-electron chi connectivity index (χ4n) is 0.513. The third-order valence-electron chi connectivity index (χ3n) is 0.953. The van der Waals surface area contributed by atoms with E-state index >= 15 is 0 Å². The zero-order chi connectivity index (χ0) is 8.48.